The van der Waals surface area contributed by atoms with Crippen LogP contribution in [0.4, 0.5) is 4.79 Å². The maximum atomic E-state index is 14.1. The fraction of sp³-hybridized carbons (Fsp3) is 0.500. The number of hydrogen-bond donors (Lipinski definition) is 1. The van der Waals surface area contributed by atoms with Crippen molar-refractivity contribution in [2.75, 3.05) is 26.7 Å². The summed E-state index contributed by atoms with van der Waals surface area (Å²) in [5.41, 5.74) is 0.313. The average molecular weight is 640 g/mol. The highest BCUT2D eigenvalue weighted by atomic mass is 16.6. The van der Waals surface area contributed by atoms with Crippen LogP contribution in [0.15, 0.2) is 54.6 Å². The van der Waals surface area contributed by atoms with Gasteiger partial charge in [-0.1, -0.05) is 42.5 Å². The molecule has 0 aromatic heterocycles. The molecule has 1 N–H and O–H groups in total. The fourth-order valence-electron chi connectivity index (χ4n) is 4.82. The Kier molecular flexibility index (Phi) is 12.2. The summed E-state index contributed by atoms with van der Waals surface area (Å²) in [7, 11) is 1.18. The van der Waals surface area contributed by atoms with E-state index in [-0.39, 0.29) is 32.7 Å². The lowest BCUT2D eigenvalue weighted by Gasteiger charge is -2.41. The Morgan fingerprint density at radius 3 is 2.11 bits per heavy atom. The molecular formula is C34H45N3O9. The quantitative estimate of drug-likeness (QED) is 0.288. The molecule has 12 heteroatoms. The lowest BCUT2D eigenvalue weighted by Crippen LogP contribution is -2.63. The van der Waals surface area contributed by atoms with E-state index in [4.69, 9.17) is 18.9 Å². The van der Waals surface area contributed by atoms with Gasteiger partial charge in [0.1, 0.15) is 42.2 Å². The summed E-state index contributed by atoms with van der Waals surface area (Å²) >= 11 is 0. The van der Waals surface area contributed by atoms with Crippen molar-refractivity contribution < 1.29 is 42.9 Å². The first-order chi connectivity index (χ1) is 21.5. The van der Waals surface area contributed by atoms with Crippen LogP contribution in [0.1, 0.15) is 59.1 Å². The van der Waals surface area contributed by atoms with Gasteiger partial charge in [0.05, 0.1) is 13.5 Å². The minimum atomic E-state index is -1.26. The third-order valence-electron chi connectivity index (χ3n) is 6.78. The molecule has 0 bridgehead atoms. The second kappa shape index (κ2) is 15.6. The Bertz CT molecular complexity index is 1360. The predicted molar refractivity (Wildman–Crippen MR) is 169 cm³/mol. The van der Waals surface area contributed by atoms with Crippen LogP contribution in [0, 0.1) is 0 Å². The van der Waals surface area contributed by atoms with Crippen molar-refractivity contribution >= 4 is 29.8 Å². The molecule has 3 amide bonds. The van der Waals surface area contributed by atoms with Gasteiger partial charge in [-0.3, -0.25) is 19.2 Å². The Morgan fingerprint density at radius 2 is 1.52 bits per heavy atom. The highest BCUT2D eigenvalue weighted by Crippen LogP contribution is 2.22. The molecule has 1 aliphatic heterocycles. The van der Waals surface area contributed by atoms with Crippen molar-refractivity contribution in [1.82, 2.24) is 15.1 Å². The molecule has 2 aromatic carbocycles. The van der Waals surface area contributed by atoms with E-state index in [1.54, 1.807) is 57.2 Å². The molecule has 2 atom stereocenters. The Labute approximate surface area is 270 Å². The largest absolute Gasteiger partial charge is 0.488 e. The monoisotopic (exact) mass is 639 g/mol. The van der Waals surface area contributed by atoms with Gasteiger partial charge in [0, 0.05) is 19.5 Å². The second-order valence-corrected chi connectivity index (χ2v) is 13.0. The van der Waals surface area contributed by atoms with Gasteiger partial charge in [-0.25, -0.2) is 4.79 Å². The van der Waals surface area contributed by atoms with Crippen LogP contribution in [0.2, 0.25) is 0 Å². The summed E-state index contributed by atoms with van der Waals surface area (Å²) in [5.74, 6) is -1.89. The maximum absolute atomic E-state index is 14.1. The van der Waals surface area contributed by atoms with Crippen LogP contribution in [0.25, 0.3) is 0 Å². The van der Waals surface area contributed by atoms with Crippen molar-refractivity contribution in [2.45, 2.75) is 84.3 Å². The molecule has 250 valence electrons. The molecule has 0 aliphatic carbocycles. The van der Waals surface area contributed by atoms with Crippen LogP contribution in [-0.4, -0.2) is 89.7 Å². The Balaban J connectivity index is 1.84. The minimum absolute atomic E-state index is 0.00460. The van der Waals surface area contributed by atoms with Gasteiger partial charge < -0.3 is 34.1 Å². The number of rotatable bonds is 11. The topological polar surface area (TPSA) is 141 Å². The van der Waals surface area contributed by atoms with Crippen molar-refractivity contribution in [3.05, 3.63) is 65.7 Å². The standard InChI is InChI=1S/C34H45N3O9/c1-33(2,3)45-25-15-13-23(14-16-25)19-26(35-32(42)44-22-24-11-9-8-10-12-24)30(40)37-18-17-36(21-29(39)46-34(4,5)6)31(41)27(37)20-28(38)43-7/h8-16,26-27H,17-22H2,1-7H3,(H,35,42)/t26-,27-/m0/s1. The van der Waals surface area contributed by atoms with Crippen molar-refractivity contribution in [3.8, 4) is 5.75 Å². The molecule has 0 spiro atoms. The number of methoxy groups -OCH3 is 1. The Morgan fingerprint density at radius 1 is 0.870 bits per heavy atom. The number of ether oxygens (including phenoxy) is 4. The van der Waals surface area contributed by atoms with Crippen molar-refractivity contribution in [2.24, 2.45) is 0 Å². The summed E-state index contributed by atoms with van der Waals surface area (Å²) in [6.07, 6.45) is -1.20. The predicted octanol–water partition coefficient (Wildman–Crippen LogP) is 3.65. The zero-order valence-corrected chi connectivity index (χ0v) is 27.7. The number of hydrogen-bond acceptors (Lipinski definition) is 9. The lowest BCUT2D eigenvalue weighted by atomic mass is 10.0. The highest BCUT2D eigenvalue weighted by Gasteiger charge is 2.42. The maximum Gasteiger partial charge on any atom is 0.408 e. The van der Waals surface area contributed by atoms with Gasteiger partial charge in [-0.05, 0) is 64.8 Å². The number of piperazine rings is 1. The number of amides is 3. The molecule has 0 saturated carbocycles. The minimum Gasteiger partial charge on any atom is -0.488 e. The molecule has 1 fully saturated rings. The smallest absolute Gasteiger partial charge is 0.408 e. The van der Waals surface area contributed by atoms with Crippen LogP contribution >= 0.6 is 0 Å². The van der Waals surface area contributed by atoms with E-state index in [9.17, 15) is 24.0 Å². The first-order valence-corrected chi connectivity index (χ1v) is 15.2. The van der Waals surface area contributed by atoms with E-state index in [0.29, 0.717) is 11.3 Å². The van der Waals surface area contributed by atoms with Crippen LogP contribution in [-0.2, 0) is 46.4 Å². The van der Waals surface area contributed by atoms with Crippen molar-refractivity contribution in [1.29, 1.82) is 0 Å². The van der Waals surface area contributed by atoms with E-state index in [0.717, 1.165) is 5.56 Å². The highest BCUT2D eigenvalue weighted by molar-refractivity contribution is 5.95. The number of nitrogens with one attached hydrogen (secondary N) is 1. The second-order valence-electron chi connectivity index (χ2n) is 13.0. The summed E-state index contributed by atoms with van der Waals surface area (Å²) in [5, 5.41) is 2.66. The normalized spacial score (nSPS) is 15.9. The van der Waals surface area contributed by atoms with Gasteiger partial charge in [0.15, 0.2) is 0 Å². The van der Waals surface area contributed by atoms with Crippen molar-refractivity contribution in [3.63, 3.8) is 0 Å². The summed E-state index contributed by atoms with van der Waals surface area (Å²) < 4.78 is 21.5. The molecule has 46 heavy (non-hydrogen) atoms. The Hall–Kier alpha value is -4.61. The third-order valence-corrected chi connectivity index (χ3v) is 6.78. The number of alkyl carbamates (subject to hydrolysis) is 1. The SMILES string of the molecule is COC(=O)C[C@H]1C(=O)N(CC(=O)OC(C)(C)C)CCN1C(=O)[C@H](Cc1ccc(OC(C)(C)C)cc1)NC(=O)OCc1ccccc1. The fourth-order valence-corrected chi connectivity index (χ4v) is 4.82. The zero-order valence-electron chi connectivity index (χ0n) is 27.7. The first-order valence-electron chi connectivity index (χ1n) is 15.2. The molecule has 0 radical (unpaired) electrons. The molecule has 0 unspecified atom stereocenters. The number of nitrogens with zero attached hydrogens (tertiary/aromatic N) is 2. The molecule has 3 rings (SSSR count). The van der Waals surface area contributed by atoms with E-state index >= 15 is 0 Å². The summed E-state index contributed by atoms with van der Waals surface area (Å²) in [6, 6.07) is 13.8. The molecule has 2 aromatic rings. The number of carbonyl (C=O) groups excluding carboxylic acids is 5. The average Bonchev–Trinajstić information content (AvgIpc) is 2.97. The number of benzene rings is 2. The van der Waals surface area contributed by atoms with Gasteiger partial charge >= 0.3 is 18.0 Å². The van der Waals surface area contributed by atoms with Gasteiger partial charge in [0.25, 0.3) is 0 Å². The van der Waals surface area contributed by atoms with Crippen LogP contribution < -0.4 is 10.1 Å². The lowest BCUT2D eigenvalue weighted by molar-refractivity contribution is -0.164. The number of carbonyl (C=O) groups is 5. The molecule has 1 aliphatic rings. The third kappa shape index (κ3) is 11.4. The zero-order chi connectivity index (χ0) is 34.1. The van der Waals surface area contributed by atoms with E-state index in [2.05, 4.69) is 5.32 Å². The van der Waals surface area contributed by atoms with E-state index in [1.807, 2.05) is 39.0 Å². The van der Waals surface area contributed by atoms with Crippen LogP contribution in [0.5, 0.6) is 5.75 Å². The van der Waals surface area contributed by atoms with Gasteiger partial charge in [-0.15, -0.1) is 0 Å². The summed E-state index contributed by atoms with van der Waals surface area (Å²) in [4.78, 5) is 68.1. The van der Waals surface area contributed by atoms with Crippen LogP contribution in [0.3, 0.4) is 0 Å². The van der Waals surface area contributed by atoms with Gasteiger partial charge in [0.2, 0.25) is 11.8 Å². The summed E-state index contributed by atoms with van der Waals surface area (Å²) in [6.45, 7) is 10.6. The van der Waals surface area contributed by atoms with E-state index < -0.39 is 59.6 Å². The molecular weight excluding hydrogens is 594 g/mol. The molecule has 1 saturated heterocycles. The van der Waals surface area contributed by atoms with Gasteiger partial charge in [-0.2, -0.15) is 0 Å². The number of esters is 2. The first kappa shape index (κ1) is 35.9. The molecule has 1 heterocycles. The molecule has 12 nitrogen and oxygen atoms in total. The van der Waals surface area contributed by atoms with E-state index in [1.165, 1.54) is 16.9 Å².